The molecule has 2 aliphatic rings. The third kappa shape index (κ3) is 5.14. The lowest BCUT2D eigenvalue weighted by molar-refractivity contribution is -0.116. The first kappa shape index (κ1) is 20.3. The van der Waals surface area contributed by atoms with Crippen molar-refractivity contribution in [1.29, 1.82) is 0 Å². The molecule has 0 saturated carbocycles. The third-order valence-corrected chi connectivity index (χ3v) is 7.35. The average Bonchev–Trinajstić information content (AvgIpc) is 3.38. The van der Waals surface area contributed by atoms with Gasteiger partial charge in [-0.15, -0.1) is 0 Å². The highest BCUT2D eigenvalue weighted by Gasteiger charge is 2.42. The first-order valence-electron chi connectivity index (χ1n) is 9.83. The zero-order chi connectivity index (χ0) is 20.2. The Bertz CT molecular complexity index is 872. The van der Waals surface area contributed by atoms with E-state index in [1.165, 1.54) is 0 Å². The van der Waals surface area contributed by atoms with Crippen LogP contribution in [0.4, 0.5) is 10.6 Å². The van der Waals surface area contributed by atoms with Crippen LogP contribution in [0.5, 0.6) is 0 Å². The van der Waals surface area contributed by atoms with Gasteiger partial charge in [-0.25, -0.2) is 9.48 Å². The molecule has 1 aromatic carbocycles. The third-order valence-electron chi connectivity index (χ3n) is 5.31. The van der Waals surface area contributed by atoms with Crippen LogP contribution >= 0.6 is 27.7 Å². The fourth-order valence-corrected chi connectivity index (χ4v) is 5.61. The van der Waals surface area contributed by atoms with Gasteiger partial charge in [0.2, 0.25) is 5.91 Å². The van der Waals surface area contributed by atoms with Gasteiger partial charge in [0.25, 0.3) is 0 Å². The van der Waals surface area contributed by atoms with Gasteiger partial charge in [-0.3, -0.25) is 4.79 Å². The minimum absolute atomic E-state index is 0.00958. The van der Waals surface area contributed by atoms with Crippen LogP contribution in [0.2, 0.25) is 0 Å². The molecule has 0 unspecified atom stereocenters. The Labute approximate surface area is 182 Å². The number of carbonyl (C=O) groups excluding carboxylic acids is 2. The molecular formula is C20H24BrN5O2S. The van der Waals surface area contributed by atoms with E-state index >= 15 is 0 Å². The van der Waals surface area contributed by atoms with Gasteiger partial charge in [-0.1, -0.05) is 34.5 Å². The molecular weight excluding hydrogens is 454 g/mol. The van der Waals surface area contributed by atoms with Gasteiger partial charge in [0.15, 0.2) is 0 Å². The summed E-state index contributed by atoms with van der Waals surface area (Å²) in [6.07, 6.45) is 5.01. The monoisotopic (exact) mass is 477 g/mol. The number of amides is 3. The predicted molar refractivity (Wildman–Crippen MR) is 118 cm³/mol. The molecule has 0 bridgehead atoms. The highest BCUT2D eigenvalue weighted by atomic mass is 79.9. The number of anilines is 1. The van der Waals surface area contributed by atoms with Crippen LogP contribution in [0, 0.1) is 0 Å². The standard InChI is InChI=1S/C20H24BrN5O2S/c21-14-7-5-13(6-8-14)11-26-17(9-10-22-26)24-18(27)4-2-1-3-16-19-15(12-29-16)23-20(28)25-19/h5-10,15-16,19H,1-4,11-12H2,(H,24,27)(H2,23,25,28)/t15-,16-,19-/m0/s1. The van der Waals surface area contributed by atoms with Crippen molar-refractivity contribution in [2.45, 2.75) is 49.6 Å². The van der Waals surface area contributed by atoms with Gasteiger partial charge < -0.3 is 16.0 Å². The van der Waals surface area contributed by atoms with Crippen LogP contribution in [0.15, 0.2) is 41.0 Å². The number of urea groups is 1. The Kier molecular flexibility index (Phi) is 6.44. The van der Waals surface area contributed by atoms with E-state index in [9.17, 15) is 9.59 Å². The summed E-state index contributed by atoms with van der Waals surface area (Å²) < 4.78 is 2.83. The molecule has 3 amide bonds. The number of hydrogen-bond donors (Lipinski definition) is 3. The number of nitrogens with one attached hydrogen (secondary N) is 3. The van der Waals surface area contributed by atoms with E-state index < -0.39 is 0 Å². The van der Waals surface area contributed by atoms with Crippen LogP contribution < -0.4 is 16.0 Å². The van der Waals surface area contributed by atoms with Gasteiger partial charge in [0.1, 0.15) is 5.82 Å². The summed E-state index contributed by atoms with van der Waals surface area (Å²) in [5, 5.41) is 13.7. The second-order valence-electron chi connectivity index (χ2n) is 7.42. The normalized spacial score (nSPS) is 22.8. The Morgan fingerprint density at radius 2 is 2.07 bits per heavy atom. The van der Waals surface area contributed by atoms with Crippen molar-refractivity contribution >= 4 is 45.4 Å². The molecule has 2 fully saturated rings. The lowest BCUT2D eigenvalue weighted by Crippen LogP contribution is -2.36. The van der Waals surface area contributed by atoms with Gasteiger partial charge in [-0.2, -0.15) is 16.9 Å². The summed E-state index contributed by atoms with van der Waals surface area (Å²) in [4.78, 5) is 23.8. The van der Waals surface area contributed by atoms with Crippen molar-refractivity contribution in [1.82, 2.24) is 20.4 Å². The molecule has 0 aliphatic carbocycles. The molecule has 2 saturated heterocycles. The number of aromatic nitrogens is 2. The summed E-state index contributed by atoms with van der Waals surface area (Å²) in [6, 6.07) is 10.3. The molecule has 0 spiro atoms. The first-order chi connectivity index (χ1) is 14.1. The van der Waals surface area contributed by atoms with Crippen molar-refractivity contribution in [2.75, 3.05) is 11.1 Å². The molecule has 1 aromatic heterocycles. The van der Waals surface area contributed by atoms with Crippen molar-refractivity contribution in [3.63, 3.8) is 0 Å². The number of rotatable bonds is 8. The summed E-state index contributed by atoms with van der Waals surface area (Å²) in [5.74, 6) is 1.69. The Hall–Kier alpha value is -2.00. The Morgan fingerprint density at radius 3 is 2.90 bits per heavy atom. The van der Waals surface area contributed by atoms with E-state index in [1.807, 2.05) is 42.1 Å². The summed E-state index contributed by atoms with van der Waals surface area (Å²) >= 11 is 5.35. The van der Waals surface area contributed by atoms with Gasteiger partial charge in [0, 0.05) is 28.0 Å². The minimum Gasteiger partial charge on any atom is -0.332 e. The average molecular weight is 478 g/mol. The summed E-state index contributed by atoms with van der Waals surface area (Å²) in [5.41, 5.74) is 1.12. The van der Waals surface area contributed by atoms with Crippen molar-refractivity contribution < 1.29 is 9.59 Å². The molecule has 3 atom stereocenters. The van der Waals surface area contributed by atoms with Crippen LogP contribution in [0.3, 0.4) is 0 Å². The number of hydrogen-bond acceptors (Lipinski definition) is 4. The molecule has 154 valence electrons. The van der Waals surface area contributed by atoms with E-state index in [2.05, 4.69) is 37.0 Å². The number of fused-ring (bicyclic) bond motifs is 1. The zero-order valence-corrected chi connectivity index (χ0v) is 18.3. The molecule has 9 heteroatoms. The SMILES string of the molecule is O=C(CCCC[C@@H]1SC[C@@H]2NC(=O)N[C@@H]21)Nc1ccnn1Cc1ccc(Br)cc1. The smallest absolute Gasteiger partial charge is 0.315 e. The predicted octanol–water partition coefficient (Wildman–Crippen LogP) is 3.36. The quantitative estimate of drug-likeness (QED) is 0.401. The molecule has 0 radical (unpaired) electrons. The number of nitrogens with zero attached hydrogens (tertiary/aromatic N) is 2. The lowest BCUT2D eigenvalue weighted by atomic mass is 10.0. The minimum atomic E-state index is -0.0515. The molecule has 4 rings (SSSR count). The number of unbranched alkanes of at least 4 members (excludes halogenated alkanes) is 1. The molecule has 2 aromatic rings. The topological polar surface area (TPSA) is 88.1 Å². The van der Waals surface area contributed by atoms with Crippen LogP contribution in [0.1, 0.15) is 31.2 Å². The molecule has 2 aliphatic heterocycles. The van der Waals surface area contributed by atoms with Crippen LogP contribution in [0.25, 0.3) is 0 Å². The molecule has 3 heterocycles. The molecule has 7 nitrogen and oxygen atoms in total. The second-order valence-corrected chi connectivity index (χ2v) is 9.60. The van der Waals surface area contributed by atoms with Crippen molar-refractivity contribution in [3.8, 4) is 0 Å². The van der Waals surface area contributed by atoms with Gasteiger partial charge in [-0.05, 0) is 30.5 Å². The van der Waals surface area contributed by atoms with E-state index in [4.69, 9.17) is 0 Å². The maximum absolute atomic E-state index is 12.4. The van der Waals surface area contributed by atoms with Crippen LogP contribution in [-0.2, 0) is 11.3 Å². The van der Waals surface area contributed by atoms with Gasteiger partial charge >= 0.3 is 6.03 Å². The largest absolute Gasteiger partial charge is 0.332 e. The first-order valence-corrected chi connectivity index (χ1v) is 11.7. The van der Waals surface area contributed by atoms with E-state index in [-0.39, 0.29) is 24.0 Å². The summed E-state index contributed by atoms with van der Waals surface area (Å²) in [6.45, 7) is 0.608. The number of thioether (sulfide) groups is 1. The number of halogens is 1. The second kappa shape index (κ2) is 9.21. The number of carbonyl (C=O) groups is 2. The maximum Gasteiger partial charge on any atom is 0.315 e. The van der Waals surface area contributed by atoms with E-state index in [0.29, 0.717) is 24.0 Å². The highest BCUT2D eigenvalue weighted by molar-refractivity contribution is 9.10. The van der Waals surface area contributed by atoms with E-state index in [0.717, 1.165) is 35.1 Å². The number of benzene rings is 1. The van der Waals surface area contributed by atoms with E-state index in [1.54, 1.807) is 10.9 Å². The molecule has 29 heavy (non-hydrogen) atoms. The lowest BCUT2D eigenvalue weighted by Gasteiger charge is -2.16. The van der Waals surface area contributed by atoms with Crippen molar-refractivity contribution in [3.05, 3.63) is 46.6 Å². The fourth-order valence-electron chi connectivity index (χ4n) is 3.81. The maximum atomic E-state index is 12.4. The van der Waals surface area contributed by atoms with Gasteiger partial charge in [0.05, 0.1) is 24.8 Å². The van der Waals surface area contributed by atoms with Crippen molar-refractivity contribution in [2.24, 2.45) is 0 Å². The zero-order valence-electron chi connectivity index (χ0n) is 15.9. The Balaban J connectivity index is 1.20. The molecule has 3 N–H and O–H groups in total. The highest BCUT2D eigenvalue weighted by Crippen LogP contribution is 2.33. The Morgan fingerprint density at radius 1 is 1.24 bits per heavy atom. The fraction of sp³-hybridized carbons (Fsp3) is 0.450. The summed E-state index contributed by atoms with van der Waals surface area (Å²) in [7, 11) is 0. The van der Waals surface area contributed by atoms with Crippen LogP contribution in [-0.4, -0.2) is 44.8 Å².